The Kier molecular flexibility index (Phi) is 13.7. The fourth-order valence-corrected chi connectivity index (χ4v) is 4.55. The molecule has 0 unspecified atom stereocenters. The van der Waals surface area contributed by atoms with Crippen molar-refractivity contribution in [1.29, 1.82) is 0 Å². The van der Waals surface area contributed by atoms with Gasteiger partial charge in [0.15, 0.2) is 11.4 Å². The molecule has 6 rings (SSSR count). The molecule has 0 fully saturated rings. The van der Waals surface area contributed by atoms with E-state index < -0.39 is 16.0 Å². The Hall–Kier alpha value is -5.19. The van der Waals surface area contributed by atoms with E-state index in [2.05, 4.69) is 30.7 Å². The number of hydrogen-bond acceptors (Lipinski definition) is 12. The molecule has 0 atom stereocenters. The third-order valence-corrected chi connectivity index (χ3v) is 7.34. The second kappa shape index (κ2) is 17.5. The largest absolute Gasteiger partial charge is 1.00 e. The van der Waals surface area contributed by atoms with Crippen LogP contribution in [-0.4, -0.2) is 54.4 Å². The van der Waals surface area contributed by atoms with Gasteiger partial charge in [-0.05, 0) is 60.7 Å². The SMILES string of the molecule is NS(=O)(=O)c1ccc(-n2ncc(N=Nc3ccccc3C(=O)O)c2O)cc1.Oc1ccccc1N=Nc1cnn(-c2ccccc2)c1O.[Cr].[Na+]. The van der Waals surface area contributed by atoms with E-state index in [9.17, 15) is 28.5 Å². The van der Waals surface area contributed by atoms with Crippen molar-refractivity contribution in [2.24, 2.45) is 25.6 Å². The maximum Gasteiger partial charge on any atom is 1.00 e. The number of phenolic OH excluding ortho intramolecular Hbond substituents is 1. The van der Waals surface area contributed by atoms with E-state index in [-0.39, 0.29) is 91.9 Å². The van der Waals surface area contributed by atoms with Crippen LogP contribution in [0.1, 0.15) is 10.4 Å². The Morgan fingerprint density at radius 1 is 0.620 bits per heavy atom. The molecule has 0 amide bonds. The van der Waals surface area contributed by atoms with Gasteiger partial charge in [-0.1, -0.05) is 42.5 Å². The van der Waals surface area contributed by atoms with Crippen LogP contribution in [0.25, 0.3) is 11.4 Å². The summed E-state index contributed by atoms with van der Waals surface area (Å²) in [5.74, 6) is -1.59. The van der Waals surface area contributed by atoms with Crippen molar-refractivity contribution in [3.05, 3.63) is 121 Å². The van der Waals surface area contributed by atoms with E-state index in [4.69, 9.17) is 10.2 Å². The van der Waals surface area contributed by atoms with Crippen molar-refractivity contribution in [1.82, 2.24) is 19.6 Å². The molecular weight excluding hydrogens is 717 g/mol. The Labute approximate surface area is 317 Å². The number of aromatic carboxylic acids is 1. The van der Waals surface area contributed by atoms with Gasteiger partial charge in [-0.2, -0.15) is 19.6 Å². The smallest absolute Gasteiger partial charge is 0.506 e. The summed E-state index contributed by atoms with van der Waals surface area (Å²) in [6.45, 7) is 0. The molecule has 2 aromatic heterocycles. The summed E-state index contributed by atoms with van der Waals surface area (Å²) >= 11 is 0. The van der Waals surface area contributed by atoms with Gasteiger partial charge in [-0.3, -0.25) is 0 Å². The van der Waals surface area contributed by atoms with Crippen LogP contribution < -0.4 is 34.7 Å². The zero-order valence-corrected chi connectivity index (χ0v) is 30.0. The molecule has 0 saturated carbocycles. The zero-order valence-electron chi connectivity index (χ0n) is 26.0. The quantitative estimate of drug-likeness (QED) is 0.114. The number of phenols is 1. The summed E-state index contributed by atoms with van der Waals surface area (Å²) in [5.41, 5.74) is 1.73. The van der Waals surface area contributed by atoms with E-state index in [1.807, 2.05) is 30.3 Å². The van der Waals surface area contributed by atoms with Crippen LogP contribution in [-0.2, 0) is 27.4 Å². The van der Waals surface area contributed by atoms with E-state index in [1.54, 1.807) is 30.3 Å². The maximum atomic E-state index is 11.3. The van der Waals surface area contributed by atoms with Crippen molar-refractivity contribution >= 4 is 38.7 Å². The number of para-hydroxylation sites is 2. The van der Waals surface area contributed by atoms with Crippen molar-refractivity contribution < 1.29 is 80.6 Å². The van der Waals surface area contributed by atoms with Crippen LogP contribution in [0.4, 0.5) is 22.7 Å². The fraction of sp³-hybridized carbons (Fsp3) is 0. The molecule has 0 spiro atoms. The minimum atomic E-state index is -3.83. The summed E-state index contributed by atoms with van der Waals surface area (Å²) in [6, 6.07) is 27.2. The van der Waals surface area contributed by atoms with Gasteiger partial charge >= 0.3 is 35.5 Å². The monoisotopic (exact) mass is 742 g/mol. The standard InChI is InChI=1S/C16H13N5O5S.C15H12N4O2.Cr.Na/c17-27(25,26)11-7-5-10(6-8-11)21-15(22)14(9-18-21)20-19-13-4-2-1-3-12(13)16(23)24;20-14-9-5-4-8-12(14)17-18-13-10-16-19(15(13)21)11-6-2-1-3-7-11;;/h1-9,22H,(H,23,24)(H2,17,25,26);1-10,20-21H;;/q;;;+1. The molecule has 6 aromatic rings. The average Bonchev–Trinajstić information content (AvgIpc) is 3.64. The molecule has 0 bridgehead atoms. The number of hydrogen-bond donors (Lipinski definition) is 5. The molecule has 0 aliphatic heterocycles. The fourth-order valence-electron chi connectivity index (χ4n) is 4.04. The Morgan fingerprint density at radius 2 is 1.06 bits per heavy atom. The van der Waals surface area contributed by atoms with Crippen molar-refractivity contribution in [2.75, 3.05) is 0 Å². The molecule has 4 aromatic carbocycles. The van der Waals surface area contributed by atoms with Crippen LogP contribution in [0.15, 0.2) is 141 Å². The summed E-state index contributed by atoms with van der Waals surface area (Å²) in [7, 11) is -3.83. The van der Waals surface area contributed by atoms with Crippen LogP contribution in [0.3, 0.4) is 0 Å². The topological polar surface area (TPSA) is 243 Å². The van der Waals surface area contributed by atoms with Gasteiger partial charge in [0.25, 0.3) is 0 Å². The number of primary sulfonamides is 1. The first kappa shape index (κ1) is 39.3. The molecule has 50 heavy (non-hydrogen) atoms. The number of sulfonamides is 1. The summed E-state index contributed by atoms with van der Waals surface area (Å²) in [5, 5.41) is 67.7. The molecule has 0 aliphatic rings. The normalized spacial score (nSPS) is 11.0. The summed E-state index contributed by atoms with van der Waals surface area (Å²) in [4.78, 5) is 11.1. The number of carboxylic acids is 1. The molecule has 6 N–H and O–H groups in total. The first-order valence-corrected chi connectivity index (χ1v) is 15.2. The molecular formula is C31H25CrN9NaO7S+. The predicted molar refractivity (Wildman–Crippen MR) is 172 cm³/mol. The minimum absolute atomic E-state index is 0. The molecule has 0 saturated heterocycles. The van der Waals surface area contributed by atoms with E-state index in [1.165, 1.54) is 59.5 Å². The molecule has 19 heteroatoms. The van der Waals surface area contributed by atoms with Gasteiger partial charge in [0.05, 0.1) is 34.2 Å². The van der Waals surface area contributed by atoms with Crippen LogP contribution in [0.5, 0.6) is 17.5 Å². The van der Waals surface area contributed by atoms with Gasteiger partial charge in [-0.25, -0.2) is 18.4 Å². The first-order chi connectivity index (χ1) is 23.0. The second-order valence-corrected chi connectivity index (χ2v) is 11.2. The first-order valence-electron chi connectivity index (χ1n) is 13.7. The number of nitrogens with two attached hydrogens (primary N) is 1. The number of rotatable bonds is 8. The number of aromatic hydroxyl groups is 3. The van der Waals surface area contributed by atoms with Crippen molar-refractivity contribution in [3.8, 4) is 28.9 Å². The Morgan fingerprint density at radius 3 is 1.58 bits per heavy atom. The van der Waals surface area contributed by atoms with Gasteiger partial charge in [0, 0.05) is 17.4 Å². The van der Waals surface area contributed by atoms with Gasteiger partial charge in [0.2, 0.25) is 21.8 Å². The third kappa shape index (κ3) is 9.49. The minimum Gasteiger partial charge on any atom is -0.506 e. The van der Waals surface area contributed by atoms with Crippen LogP contribution in [0.2, 0.25) is 0 Å². The van der Waals surface area contributed by atoms with Crippen LogP contribution in [0, 0.1) is 0 Å². The molecule has 0 aliphatic carbocycles. The van der Waals surface area contributed by atoms with Gasteiger partial charge < -0.3 is 20.4 Å². The number of benzene rings is 4. The van der Waals surface area contributed by atoms with Crippen LogP contribution >= 0.6 is 0 Å². The Balaban J connectivity index is 0.000000267. The second-order valence-electron chi connectivity index (χ2n) is 9.62. The third-order valence-electron chi connectivity index (χ3n) is 6.41. The maximum absolute atomic E-state index is 11.3. The number of carbonyl (C=O) groups is 1. The Bertz CT molecular complexity index is 2250. The van der Waals surface area contributed by atoms with E-state index in [0.717, 1.165) is 10.4 Å². The van der Waals surface area contributed by atoms with Crippen molar-refractivity contribution in [3.63, 3.8) is 0 Å². The number of nitrogens with zero attached hydrogens (tertiary/aromatic N) is 8. The molecule has 2 heterocycles. The van der Waals surface area contributed by atoms with E-state index >= 15 is 0 Å². The number of aromatic nitrogens is 4. The van der Waals surface area contributed by atoms with Crippen molar-refractivity contribution in [2.45, 2.75) is 4.90 Å². The predicted octanol–water partition coefficient (Wildman–Crippen LogP) is 3.04. The van der Waals surface area contributed by atoms with Gasteiger partial charge in [0.1, 0.15) is 17.1 Å². The molecule has 0 radical (unpaired) electrons. The molecule has 248 valence electrons. The van der Waals surface area contributed by atoms with E-state index in [0.29, 0.717) is 11.4 Å². The molecule has 16 nitrogen and oxygen atoms in total. The number of azo groups is 2. The van der Waals surface area contributed by atoms with Gasteiger partial charge in [-0.15, -0.1) is 20.5 Å². The summed E-state index contributed by atoms with van der Waals surface area (Å²) in [6.07, 6.45) is 2.64. The average molecular weight is 743 g/mol. The zero-order chi connectivity index (χ0) is 34.3. The summed E-state index contributed by atoms with van der Waals surface area (Å²) < 4.78 is 25.0. The number of carboxylic acid groups (broad SMARTS) is 1.